The number of aromatic hydroxyl groups is 1. The van der Waals surface area contributed by atoms with Crippen molar-refractivity contribution in [2.24, 2.45) is 5.16 Å². The van der Waals surface area contributed by atoms with Crippen LogP contribution in [0.25, 0.3) is 10.8 Å². The molecule has 0 bridgehead atoms. The molecule has 1 aliphatic rings. The van der Waals surface area contributed by atoms with Gasteiger partial charge < -0.3 is 14.5 Å². The summed E-state index contributed by atoms with van der Waals surface area (Å²) in [6, 6.07) is 14.1. The van der Waals surface area contributed by atoms with Crippen molar-refractivity contribution >= 4 is 39.7 Å². The molecule has 1 N–H and O–H groups in total. The van der Waals surface area contributed by atoms with Crippen LogP contribution in [0.2, 0.25) is 10.0 Å². The second-order valence-corrected chi connectivity index (χ2v) is 8.87. The van der Waals surface area contributed by atoms with E-state index < -0.39 is 18.2 Å². The standard InChI is InChI=1S/C24H16Cl2F3N3O2/c25-17-8-16(9-18(26)10-17)23(24(27,28)29)11-21(31-34-23)14-4-5-20-15(7-14)12-32(22(20)33)13-19-3-1-2-6-30-19/h1-10,12,33H,11,13H2. The van der Waals surface area contributed by atoms with Crippen molar-refractivity contribution in [2.75, 3.05) is 0 Å². The Morgan fingerprint density at radius 3 is 2.50 bits per heavy atom. The highest BCUT2D eigenvalue weighted by Crippen LogP contribution is 2.49. The molecule has 0 aliphatic carbocycles. The van der Waals surface area contributed by atoms with Gasteiger partial charge in [0.05, 0.1) is 18.0 Å². The smallest absolute Gasteiger partial charge is 0.435 e. The first-order valence-electron chi connectivity index (χ1n) is 10.2. The molecule has 1 atom stereocenters. The number of alkyl halides is 3. The Balaban J connectivity index is 1.49. The predicted octanol–water partition coefficient (Wildman–Crippen LogP) is 6.68. The van der Waals surface area contributed by atoms with E-state index in [4.69, 9.17) is 28.0 Å². The van der Waals surface area contributed by atoms with E-state index in [1.54, 1.807) is 41.2 Å². The summed E-state index contributed by atoms with van der Waals surface area (Å²) >= 11 is 11.9. The quantitative estimate of drug-likeness (QED) is 0.336. The van der Waals surface area contributed by atoms with Crippen LogP contribution in [-0.2, 0) is 17.0 Å². The number of pyridine rings is 1. The number of benzene rings is 2. The molecule has 5 nitrogen and oxygen atoms in total. The van der Waals surface area contributed by atoms with Crippen molar-refractivity contribution in [2.45, 2.75) is 24.7 Å². The summed E-state index contributed by atoms with van der Waals surface area (Å²) in [5.41, 5.74) is -1.62. The molecule has 2 aromatic heterocycles. The molecule has 0 saturated heterocycles. The molecule has 1 aliphatic heterocycles. The fraction of sp³-hybridized carbons (Fsp3) is 0.167. The maximum atomic E-state index is 14.2. The second-order valence-electron chi connectivity index (χ2n) is 7.99. The summed E-state index contributed by atoms with van der Waals surface area (Å²) in [6.45, 7) is 0.341. The number of oxime groups is 1. The van der Waals surface area contributed by atoms with E-state index in [1.807, 2.05) is 12.1 Å². The molecule has 3 heterocycles. The highest BCUT2D eigenvalue weighted by molar-refractivity contribution is 6.34. The fourth-order valence-electron chi connectivity index (χ4n) is 4.07. The molecule has 34 heavy (non-hydrogen) atoms. The van der Waals surface area contributed by atoms with Gasteiger partial charge in [0.1, 0.15) is 0 Å². The molecular formula is C24H16Cl2F3N3O2. The molecule has 5 rings (SSSR count). The molecule has 174 valence electrons. The first-order chi connectivity index (χ1) is 16.2. The largest absolute Gasteiger partial charge is 0.494 e. The molecule has 0 radical (unpaired) electrons. The van der Waals surface area contributed by atoms with Crippen molar-refractivity contribution in [3.8, 4) is 5.88 Å². The van der Waals surface area contributed by atoms with Crippen LogP contribution in [-0.4, -0.2) is 26.5 Å². The van der Waals surface area contributed by atoms with E-state index in [9.17, 15) is 18.3 Å². The normalized spacial score (nSPS) is 18.2. The van der Waals surface area contributed by atoms with E-state index in [-0.39, 0.29) is 27.2 Å². The zero-order chi connectivity index (χ0) is 24.1. The lowest BCUT2D eigenvalue weighted by molar-refractivity contribution is -0.275. The molecular weight excluding hydrogens is 490 g/mol. The summed E-state index contributed by atoms with van der Waals surface area (Å²) < 4.78 is 44.4. The van der Waals surface area contributed by atoms with Crippen LogP contribution in [0.1, 0.15) is 23.2 Å². The van der Waals surface area contributed by atoms with Crippen LogP contribution < -0.4 is 0 Å². The van der Waals surface area contributed by atoms with Crippen LogP contribution in [0, 0.1) is 0 Å². The van der Waals surface area contributed by atoms with Gasteiger partial charge in [-0.2, -0.15) is 13.2 Å². The Morgan fingerprint density at radius 1 is 1.06 bits per heavy atom. The van der Waals surface area contributed by atoms with Crippen molar-refractivity contribution in [3.05, 3.63) is 93.9 Å². The average Bonchev–Trinajstić information content (AvgIpc) is 3.37. The third-order valence-electron chi connectivity index (χ3n) is 5.77. The summed E-state index contributed by atoms with van der Waals surface area (Å²) in [6.07, 6.45) is -1.96. The van der Waals surface area contributed by atoms with E-state index in [2.05, 4.69) is 10.1 Å². The lowest BCUT2D eigenvalue weighted by Crippen LogP contribution is -2.42. The maximum Gasteiger partial charge on any atom is 0.435 e. The van der Waals surface area contributed by atoms with Crippen LogP contribution in [0.4, 0.5) is 13.2 Å². The minimum atomic E-state index is -4.78. The second kappa shape index (κ2) is 8.21. The molecule has 10 heteroatoms. The summed E-state index contributed by atoms with van der Waals surface area (Å²) in [5.74, 6) is 0.0371. The Bertz CT molecular complexity index is 1400. The van der Waals surface area contributed by atoms with Crippen molar-refractivity contribution in [3.63, 3.8) is 0 Å². The van der Waals surface area contributed by atoms with Crippen LogP contribution in [0.5, 0.6) is 5.88 Å². The molecule has 2 aromatic carbocycles. The number of hydrogen-bond acceptors (Lipinski definition) is 4. The molecule has 0 spiro atoms. The molecule has 0 fully saturated rings. The average molecular weight is 506 g/mol. The van der Waals surface area contributed by atoms with Crippen molar-refractivity contribution in [1.29, 1.82) is 0 Å². The predicted molar refractivity (Wildman–Crippen MR) is 123 cm³/mol. The van der Waals surface area contributed by atoms with Gasteiger partial charge in [-0.3, -0.25) is 4.98 Å². The van der Waals surface area contributed by atoms with Gasteiger partial charge >= 0.3 is 6.18 Å². The minimum Gasteiger partial charge on any atom is -0.494 e. The molecule has 1 unspecified atom stereocenters. The third-order valence-corrected chi connectivity index (χ3v) is 6.20. The zero-order valence-corrected chi connectivity index (χ0v) is 18.9. The van der Waals surface area contributed by atoms with Gasteiger partial charge in [-0.1, -0.05) is 40.5 Å². The summed E-state index contributed by atoms with van der Waals surface area (Å²) in [7, 11) is 0. The van der Waals surface area contributed by atoms with Gasteiger partial charge in [0.2, 0.25) is 0 Å². The summed E-state index contributed by atoms with van der Waals surface area (Å²) in [4.78, 5) is 9.32. The Hall–Kier alpha value is -3.23. The van der Waals surface area contributed by atoms with Crippen LogP contribution in [0.15, 0.2) is 72.1 Å². The SMILES string of the molecule is Oc1c2ccc(C3=NOC(c4cc(Cl)cc(Cl)c4)(C(F)(F)F)C3)cc2cn1Cc1ccccn1. The number of nitrogens with zero attached hydrogens (tertiary/aromatic N) is 3. The first-order valence-corrected chi connectivity index (χ1v) is 10.9. The lowest BCUT2D eigenvalue weighted by Gasteiger charge is -2.29. The van der Waals surface area contributed by atoms with Gasteiger partial charge in [-0.25, -0.2) is 0 Å². The number of aromatic nitrogens is 2. The number of fused-ring (bicyclic) bond motifs is 1. The van der Waals surface area contributed by atoms with Crippen LogP contribution in [0.3, 0.4) is 0 Å². The Kier molecular flexibility index (Phi) is 5.45. The minimum absolute atomic E-state index is 0.0371. The highest BCUT2D eigenvalue weighted by atomic mass is 35.5. The van der Waals surface area contributed by atoms with Gasteiger partial charge in [0, 0.05) is 50.8 Å². The van der Waals surface area contributed by atoms with Gasteiger partial charge in [0.25, 0.3) is 5.60 Å². The third kappa shape index (κ3) is 3.86. The van der Waals surface area contributed by atoms with Gasteiger partial charge in [-0.15, -0.1) is 0 Å². The fourth-order valence-corrected chi connectivity index (χ4v) is 4.59. The Labute approximate surface area is 202 Å². The molecule has 0 saturated carbocycles. The number of rotatable bonds is 4. The van der Waals surface area contributed by atoms with Gasteiger partial charge in [0.15, 0.2) is 5.88 Å². The number of halogens is 5. The van der Waals surface area contributed by atoms with Crippen LogP contribution >= 0.6 is 23.2 Å². The molecule has 4 aromatic rings. The highest BCUT2D eigenvalue weighted by Gasteiger charge is 2.62. The first kappa shape index (κ1) is 22.6. The van der Waals surface area contributed by atoms with Crippen molar-refractivity contribution < 1.29 is 23.1 Å². The molecule has 0 amide bonds. The van der Waals surface area contributed by atoms with Crippen molar-refractivity contribution in [1.82, 2.24) is 9.55 Å². The van der Waals surface area contributed by atoms with E-state index >= 15 is 0 Å². The monoisotopic (exact) mass is 505 g/mol. The lowest BCUT2D eigenvalue weighted by atomic mass is 9.86. The summed E-state index contributed by atoms with van der Waals surface area (Å²) in [5, 5.41) is 15.7. The number of hydrogen-bond donors (Lipinski definition) is 1. The van der Waals surface area contributed by atoms with E-state index in [1.165, 1.54) is 18.2 Å². The maximum absolute atomic E-state index is 14.2. The van der Waals surface area contributed by atoms with Gasteiger partial charge in [-0.05, 0) is 42.5 Å². The van der Waals surface area contributed by atoms with E-state index in [0.717, 1.165) is 5.69 Å². The Morgan fingerprint density at radius 2 is 1.82 bits per heavy atom. The zero-order valence-electron chi connectivity index (χ0n) is 17.4. The topological polar surface area (TPSA) is 59.6 Å². The van der Waals surface area contributed by atoms with E-state index in [0.29, 0.717) is 22.9 Å².